The Morgan fingerprint density at radius 2 is 1.77 bits per heavy atom. The Bertz CT molecular complexity index is 1120. The molecule has 1 aliphatic heterocycles. The van der Waals surface area contributed by atoms with Crippen LogP contribution in [0.15, 0.2) is 60.7 Å². The lowest BCUT2D eigenvalue weighted by atomic mass is 9.93. The normalized spacial score (nSPS) is 18.7. The lowest BCUT2D eigenvalue weighted by Crippen LogP contribution is -2.49. The Kier molecular flexibility index (Phi) is 5.03. The monoisotopic (exact) mass is 404 g/mol. The number of amides is 4. The molecule has 3 aromatic rings. The average Bonchev–Trinajstić information content (AvgIpc) is 3.23. The zero-order chi connectivity index (χ0) is 21.3. The van der Waals surface area contributed by atoms with E-state index < -0.39 is 23.4 Å². The summed E-state index contributed by atoms with van der Waals surface area (Å²) in [4.78, 5) is 38.4. The van der Waals surface area contributed by atoms with Crippen LogP contribution in [-0.4, -0.2) is 33.0 Å². The van der Waals surface area contributed by atoms with Crippen LogP contribution in [-0.2, 0) is 17.8 Å². The van der Waals surface area contributed by atoms with Crippen molar-refractivity contribution in [3.05, 3.63) is 71.9 Å². The molecule has 30 heavy (non-hydrogen) atoms. The Morgan fingerprint density at radius 1 is 1.07 bits per heavy atom. The van der Waals surface area contributed by atoms with Crippen molar-refractivity contribution in [1.29, 1.82) is 0 Å². The van der Waals surface area contributed by atoms with E-state index in [1.54, 1.807) is 13.0 Å². The van der Waals surface area contributed by atoms with Crippen LogP contribution < -0.4 is 10.7 Å². The zero-order valence-electron chi connectivity index (χ0n) is 17.0. The minimum Gasteiger partial charge on any atom is -0.337 e. The van der Waals surface area contributed by atoms with Crippen molar-refractivity contribution in [3.8, 4) is 0 Å². The highest BCUT2D eigenvalue weighted by Gasteiger charge is 2.48. The number of nitrogens with zero attached hydrogens (tertiary/aromatic N) is 2. The maximum absolute atomic E-state index is 13.0. The summed E-state index contributed by atoms with van der Waals surface area (Å²) in [7, 11) is 0. The van der Waals surface area contributed by atoms with E-state index in [0.717, 1.165) is 21.5 Å². The third-order valence-electron chi connectivity index (χ3n) is 5.59. The highest BCUT2D eigenvalue weighted by molar-refractivity contribution is 6.09. The van der Waals surface area contributed by atoms with Gasteiger partial charge in [0, 0.05) is 17.4 Å². The number of carbonyl (C=O) groups is 3. The fourth-order valence-corrected chi connectivity index (χ4v) is 3.89. The summed E-state index contributed by atoms with van der Waals surface area (Å²) in [5.74, 6) is -0.959. The van der Waals surface area contributed by atoms with Crippen LogP contribution in [0.3, 0.4) is 0 Å². The smallest absolute Gasteiger partial charge is 0.337 e. The van der Waals surface area contributed by atoms with Crippen molar-refractivity contribution >= 4 is 28.7 Å². The first-order valence-electron chi connectivity index (χ1n) is 10.0. The quantitative estimate of drug-likeness (QED) is 0.619. The molecule has 4 amide bonds. The summed E-state index contributed by atoms with van der Waals surface area (Å²) >= 11 is 0. The number of urea groups is 1. The predicted octanol–water partition coefficient (Wildman–Crippen LogP) is 3.25. The van der Waals surface area contributed by atoms with Gasteiger partial charge in [-0.1, -0.05) is 48.5 Å². The molecule has 2 aromatic carbocycles. The molecular weight excluding hydrogens is 380 g/mol. The molecule has 7 nitrogen and oxygen atoms in total. The van der Waals surface area contributed by atoms with Crippen LogP contribution in [0.5, 0.6) is 0 Å². The molecule has 7 heteroatoms. The lowest BCUT2D eigenvalue weighted by molar-refractivity contribution is -0.132. The maximum atomic E-state index is 13.0. The molecule has 0 saturated carbocycles. The summed E-state index contributed by atoms with van der Waals surface area (Å²) in [6.45, 7) is 4.22. The SMILES string of the molecule is CCn1c(C(=O)NN2C(=O)NC(C)(CCc3ccccc3)C2=O)cc2ccccc21. The number of fused-ring (bicyclic) bond motifs is 1. The summed E-state index contributed by atoms with van der Waals surface area (Å²) in [5.41, 5.74) is 3.83. The molecule has 0 bridgehead atoms. The van der Waals surface area contributed by atoms with Gasteiger partial charge in [-0.15, -0.1) is 0 Å². The Morgan fingerprint density at radius 3 is 2.50 bits per heavy atom. The molecule has 2 heterocycles. The average molecular weight is 404 g/mol. The van der Waals surface area contributed by atoms with E-state index in [1.165, 1.54) is 0 Å². The van der Waals surface area contributed by atoms with E-state index >= 15 is 0 Å². The molecule has 1 aromatic heterocycles. The van der Waals surface area contributed by atoms with Crippen LogP contribution >= 0.6 is 0 Å². The number of nitrogens with one attached hydrogen (secondary N) is 2. The van der Waals surface area contributed by atoms with E-state index in [2.05, 4.69) is 10.7 Å². The van der Waals surface area contributed by atoms with Gasteiger partial charge in [0.1, 0.15) is 11.2 Å². The zero-order valence-corrected chi connectivity index (χ0v) is 17.0. The highest BCUT2D eigenvalue weighted by Crippen LogP contribution is 2.24. The molecule has 1 unspecified atom stereocenters. The first-order chi connectivity index (χ1) is 14.4. The fraction of sp³-hybridized carbons (Fsp3) is 0.261. The highest BCUT2D eigenvalue weighted by atomic mass is 16.2. The number of carbonyl (C=O) groups excluding carboxylic acids is 3. The third kappa shape index (κ3) is 3.43. The van der Waals surface area contributed by atoms with Crippen molar-refractivity contribution in [3.63, 3.8) is 0 Å². The number of imide groups is 1. The van der Waals surface area contributed by atoms with Gasteiger partial charge in [0.25, 0.3) is 11.8 Å². The Labute approximate surface area is 174 Å². The molecule has 154 valence electrons. The number of hydrogen-bond donors (Lipinski definition) is 2. The van der Waals surface area contributed by atoms with Crippen molar-refractivity contribution < 1.29 is 14.4 Å². The summed E-state index contributed by atoms with van der Waals surface area (Å²) in [6.07, 6.45) is 1.07. The molecule has 1 aliphatic rings. The van der Waals surface area contributed by atoms with Gasteiger partial charge in [-0.05, 0) is 44.4 Å². The molecular formula is C23H24N4O3. The van der Waals surface area contributed by atoms with Crippen LogP contribution in [0, 0.1) is 0 Å². The van der Waals surface area contributed by atoms with Gasteiger partial charge in [0.05, 0.1) is 0 Å². The van der Waals surface area contributed by atoms with E-state index in [4.69, 9.17) is 0 Å². The first kappa shape index (κ1) is 19.7. The van der Waals surface area contributed by atoms with Crippen molar-refractivity contribution in [2.75, 3.05) is 0 Å². The second-order valence-corrected chi connectivity index (χ2v) is 7.66. The largest absolute Gasteiger partial charge is 0.344 e. The standard InChI is InChI=1S/C23H24N4O3/c1-3-26-18-12-8-7-11-17(18)15-19(26)20(28)25-27-21(29)23(2,24-22(27)30)14-13-16-9-5-4-6-10-16/h4-12,15H,3,13-14H2,1-2H3,(H,24,30)(H,25,28). The van der Waals surface area contributed by atoms with Gasteiger partial charge in [-0.2, -0.15) is 5.01 Å². The number of benzene rings is 2. The molecule has 1 fully saturated rings. The number of para-hydroxylation sites is 1. The first-order valence-corrected chi connectivity index (χ1v) is 10.0. The van der Waals surface area contributed by atoms with Gasteiger partial charge in [-0.3, -0.25) is 15.0 Å². The molecule has 2 N–H and O–H groups in total. The van der Waals surface area contributed by atoms with E-state index in [-0.39, 0.29) is 0 Å². The van der Waals surface area contributed by atoms with E-state index in [1.807, 2.05) is 66.1 Å². The molecule has 0 aliphatic carbocycles. The van der Waals surface area contributed by atoms with Gasteiger partial charge in [-0.25, -0.2) is 4.79 Å². The molecule has 4 rings (SSSR count). The van der Waals surface area contributed by atoms with Gasteiger partial charge >= 0.3 is 6.03 Å². The van der Waals surface area contributed by atoms with Crippen molar-refractivity contribution in [2.45, 2.75) is 38.8 Å². The minimum absolute atomic E-state index is 0.400. The number of rotatable bonds is 6. The Hall–Kier alpha value is -3.61. The maximum Gasteiger partial charge on any atom is 0.344 e. The van der Waals surface area contributed by atoms with Gasteiger partial charge < -0.3 is 9.88 Å². The molecule has 0 spiro atoms. The lowest BCUT2D eigenvalue weighted by Gasteiger charge is -2.21. The summed E-state index contributed by atoms with van der Waals surface area (Å²) < 4.78 is 1.86. The number of aryl methyl sites for hydroxylation is 2. The second kappa shape index (κ2) is 7.67. The summed E-state index contributed by atoms with van der Waals surface area (Å²) in [6, 6.07) is 18.6. The molecule has 1 atom stereocenters. The van der Waals surface area contributed by atoms with Crippen LogP contribution in [0.1, 0.15) is 36.3 Å². The predicted molar refractivity (Wildman–Crippen MR) is 114 cm³/mol. The van der Waals surface area contributed by atoms with Crippen molar-refractivity contribution in [1.82, 2.24) is 20.3 Å². The topological polar surface area (TPSA) is 83.4 Å². The van der Waals surface area contributed by atoms with Gasteiger partial charge in [0.15, 0.2) is 0 Å². The number of hydrogen-bond acceptors (Lipinski definition) is 3. The van der Waals surface area contributed by atoms with Gasteiger partial charge in [0.2, 0.25) is 0 Å². The van der Waals surface area contributed by atoms with Crippen LogP contribution in [0.2, 0.25) is 0 Å². The molecule has 1 saturated heterocycles. The Balaban J connectivity index is 1.51. The van der Waals surface area contributed by atoms with E-state index in [9.17, 15) is 14.4 Å². The van der Waals surface area contributed by atoms with Crippen molar-refractivity contribution in [2.24, 2.45) is 0 Å². The third-order valence-corrected chi connectivity index (χ3v) is 5.59. The fourth-order valence-electron chi connectivity index (χ4n) is 3.89. The summed E-state index contributed by atoms with van der Waals surface area (Å²) in [5, 5.41) is 4.45. The number of hydrazine groups is 1. The molecule has 0 radical (unpaired) electrons. The number of aromatic nitrogens is 1. The van der Waals surface area contributed by atoms with E-state index in [0.29, 0.717) is 25.1 Å². The van der Waals surface area contributed by atoms with Crippen LogP contribution in [0.25, 0.3) is 10.9 Å². The second-order valence-electron chi connectivity index (χ2n) is 7.66. The van der Waals surface area contributed by atoms with Crippen LogP contribution in [0.4, 0.5) is 4.79 Å². The minimum atomic E-state index is -1.07.